The Balaban J connectivity index is 0.000000566. The Labute approximate surface area is 237 Å². The van der Waals surface area contributed by atoms with Gasteiger partial charge in [-0.1, -0.05) is 59.1 Å². The van der Waals surface area contributed by atoms with Crippen LogP contribution in [0.4, 0.5) is 20.4 Å². The molecule has 1 aliphatic carbocycles. The lowest BCUT2D eigenvalue weighted by molar-refractivity contribution is 0.400. The second-order valence-electron chi connectivity index (χ2n) is 8.96. The molecular formula is C31H44F2N6O. The Morgan fingerprint density at radius 2 is 1.70 bits per heavy atom. The first-order valence-electron chi connectivity index (χ1n) is 13.7. The van der Waals surface area contributed by atoms with Crippen LogP contribution < -0.4 is 10.1 Å². The summed E-state index contributed by atoms with van der Waals surface area (Å²) < 4.78 is 34.8. The zero-order valence-electron chi connectivity index (χ0n) is 25.2. The minimum atomic E-state index is -0.858. The quantitative estimate of drug-likeness (QED) is 0.214. The van der Waals surface area contributed by atoms with E-state index in [0.717, 1.165) is 23.6 Å². The van der Waals surface area contributed by atoms with Gasteiger partial charge < -0.3 is 15.0 Å². The number of aryl methyl sites for hydroxylation is 1. The molecule has 4 aromatic rings. The van der Waals surface area contributed by atoms with Crippen LogP contribution in [-0.4, -0.2) is 25.1 Å². The molecule has 3 heterocycles. The average molecular weight is 555 g/mol. The maximum absolute atomic E-state index is 14.8. The summed E-state index contributed by atoms with van der Waals surface area (Å²) in [5.41, 5.74) is 3.35. The number of hydrogen-bond donors (Lipinski definition) is 3. The van der Waals surface area contributed by atoms with Crippen molar-refractivity contribution in [2.45, 2.75) is 75.2 Å². The Kier molecular flexibility index (Phi) is 14.9. The largest absolute Gasteiger partial charge is 0.433 e. The molecule has 1 aromatic carbocycles. The van der Waals surface area contributed by atoms with E-state index in [9.17, 15) is 8.78 Å². The average Bonchev–Trinajstić information content (AvgIpc) is 3.42. The third kappa shape index (κ3) is 11.0. The summed E-state index contributed by atoms with van der Waals surface area (Å²) in [6.07, 6.45) is 7.74. The first-order chi connectivity index (χ1) is 19.2. The van der Waals surface area contributed by atoms with Crippen molar-refractivity contribution in [3.05, 3.63) is 71.8 Å². The Morgan fingerprint density at radius 3 is 2.27 bits per heavy atom. The Morgan fingerprint density at radius 1 is 1.07 bits per heavy atom. The molecule has 3 N–H and O–H groups in total. The van der Waals surface area contributed by atoms with Gasteiger partial charge in [-0.2, -0.15) is 14.5 Å². The van der Waals surface area contributed by atoms with Crippen LogP contribution >= 0.6 is 0 Å². The van der Waals surface area contributed by atoms with E-state index < -0.39 is 17.5 Å². The lowest BCUT2D eigenvalue weighted by atomic mass is 10.2. The van der Waals surface area contributed by atoms with Crippen molar-refractivity contribution < 1.29 is 13.5 Å². The molecule has 218 valence electrons. The standard InChI is InChI=1S/C19H16F2N6O.2C4H8.2C2H6/c1-3-4-11-8-15(27-26-11)25-18-17(21)19(23-9-22-18)28-14-6-5-13-12(16(14)20)7-10(2)24-13;1-4-2-3-4;1-4(2)3;2*1-2/h3-9,24H,1-2H3,(H2,22,23,25,26,27);4H,2-3H2,1H3;1H2,2-3H3;2*1-2H3/b4-3+;;;;. The summed E-state index contributed by atoms with van der Waals surface area (Å²) in [4.78, 5) is 10.7. The van der Waals surface area contributed by atoms with Gasteiger partial charge in [0.1, 0.15) is 6.33 Å². The fourth-order valence-corrected chi connectivity index (χ4v) is 2.94. The topological polar surface area (TPSA) is 91.5 Å². The number of halogens is 2. The zero-order valence-corrected chi connectivity index (χ0v) is 25.2. The monoisotopic (exact) mass is 554 g/mol. The van der Waals surface area contributed by atoms with E-state index >= 15 is 0 Å². The summed E-state index contributed by atoms with van der Waals surface area (Å²) >= 11 is 0. The van der Waals surface area contributed by atoms with Crippen molar-refractivity contribution >= 4 is 28.6 Å². The molecule has 0 amide bonds. The van der Waals surface area contributed by atoms with Crippen LogP contribution in [0.25, 0.3) is 17.0 Å². The van der Waals surface area contributed by atoms with Gasteiger partial charge in [-0.25, -0.2) is 9.37 Å². The van der Waals surface area contributed by atoms with Crippen LogP contribution in [0.5, 0.6) is 11.6 Å². The molecule has 0 atom stereocenters. The maximum atomic E-state index is 14.8. The smallest absolute Gasteiger partial charge is 0.261 e. The molecule has 0 bridgehead atoms. The summed E-state index contributed by atoms with van der Waals surface area (Å²) in [6.45, 7) is 21.5. The van der Waals surface area contributed by atoms with Crippen molar-refractivity contribution in [1.29, 1.82) is 0 Å². The fraction of sp³-hybridized carbons (Fsp3) is 0.387. The van der Waals surface area contributed by atoms with Gasteiger partial charge in [-0.3, -0.25) is 5.10 Å². The highest BCUT2D eigenvalue weighted by molar-refractivity contribution is 5.82. The Bertz CT molecular complexity index is 1350. The van der Waals surface area contributed by atoms with E-state index in [1.807, 2.05) is 67.5 Å². The van der Waals surface area contributed by atoms with Crippen molar-refractivity contribution in [3.8, 4) is 11.6 Å². The predicted octanol–water partition coefficient (Wildman–Crippen LogP) is 9.89. The minimum absolute atomic E-state index is 0.134. The number of nitrogens with one attached hydrogen (secondary N) is 3. The highest BCUT2D eigenvalue weighted by Crippen LogP contribution is 2.32. The van der Waals surface area contributed by atoms with Gasteiger partial charge in [0.15, 0.2) is 23.2 Å². The maximum Gasteiger partial charge on any atom is 0.261 e. The predicted molar refractivity (Wildman–Crippen MR) is 163 cm³/mol. The van der Waals surface area contributed by atoms with Gasteiger partial charge in [-0.05, 0) is 57.9 Å². The van der Waals surface area contributed by atoms with Gasteiger partial charge in [0, 0.05) is 22.7 Å². The van der Waals surface area contributed by atoms with Crippen molar-refractivity contribution in [1.82, 2.24) is 25.1 Å². The van der Waals surface area contributed by atoms with Gasteiger partial charge in [0.05, 0.1) is 5.69 Å². The number of aromatic nitrogens is 5. The highest BCUT2D eigenvalue weighted by atomic mass is 19.1. The Hall–Kier alpha value is -4.01. The first-order valence-corrected chi connectivity index (χ1v) is 13.7. The number of rotatable bonds is 5. The van der Waals surface area contributed by atoms with Gasteiger partial charge in [-0.15, -0.1) is 6.58 Å². The third-order valence-electron chi connectivity index (χ3n) is 4.86. The molecule has 9 heteroatoms. The lowest BCUT2D eigenvalue weighted by Gasteiger charge is -2.09. The van der Waals surface area contributed by atoms with E-state index in [1.165, 1.54) is 24.5 Å². The number of hydrogen-bond acceptors (Lipinski definition) is 5. The fourth-order valence-electron chi connectivity index (χ4n) is 2.94. The molecular weight excluding hydrogens is 510 g/mol. The number of H-pyrrole nitrogens is 2. The molecule has 3 aromatic heterocycles. The van der Waals surface area contributed by atoms with E-state index in [0.29, 0.717) is 16.7 Å². The molecule has 0 spiro atoms. The normalized spacial score (nSPS) is 11.6. The molecule has 0 saturated heterocycles. The number of ether oxygens (including phenoxy) is 1. The number of fused-ring (bicyclic) bond motifs is 1. The number of aromatic amines is 2. The van der Waals surface area contributed by atoms with Crippen molar-refractivity contribution in [2.24, 2.45) is 5.92 Å². The third-order valence-corrected chi connectivity index (χ3v) is 4.86. The van der Waals surface area contributed by atoms with E-state index in [2.05, 4.69) is 44.0 Å². The number of nitrogens with zero attached hydrogens (tertiary/aromatic N) is 3. The first kappa shape index (κ1) is 34.0. The van der Waals surface area contributed by atoms with Gasteiger partial charge in [0.2, 0.25) is 5.82 Å². The SMILES string of the molecule is C/C=C/c1cc(Nc2ncnc(Oc3ccc4[nH]c(C)cc4c3F)c2F)n[nH]1.C=C(C)C.CC.CC.CC1CC1. The summed E-state index contributed by atoms with van der Waals surface area (Å²) in [6, 6.07) is 6.41. The van der Waals surface area contributed by atoms with Crippen molar-refractivity contribution in [2.75, 3.05) is 5.32 Å². The van der Waals surface area contributed by atoms with Crippen LogP contribution in [0.3, 0.4) is 0 Å². The molecule has 0 aliphatic heterocycles. The van der Waals surface area contributed by atoms with Crippen LogP contribution in [0.1, 0.15) is 79.6 Å². The minimum Gasteiger partial charge on any atom is -0.433 e. The molecule has 40 heavy (non-hydrogen) atoms. The highest BCUT2D eigenvalue weighted by Gasteiger charge is 2.18. The second-order valence-corrected chi connectivity index (χ2v) is 8.96. The van der Waals surface area contributed by atoms with Crippen LogP contribution in [0, 0.1) is 24.5 Å². The van der Waals surface area contributed by atoms with Gasteiger partial charge in [0.25, 0.3) is 5.88 Å². The molecule has 1 saturated carbocycles. The van der Waals surface area contributed by atoms with Crippen molar-refractivity contribution in [3.63, 3.8) is 0 Å². The molecule has 0 radical (unpaired) electrons. The van der Waals surface area contributed by atoms with E-state index in [1.54, 1.807) is 18.2 Å². The summed E-state index contributed by atoms with van der Waals surface area (Å²) in [5, 5.41) is 9.90. The van der Waals surface area contributed by atoms with Crippen LogP contribution in [0.15, 0.2) is 48.8 Å². The molecule has 0 unspecified atom stereocenters. The summed E-state index contributed by atoms with van der Waals surface area (Å²) in [5.74, 6) is -0.674. The number of allylic oxidation sites excluding steroid dienone is 2. The molecule has 5 rings (SSSR count). The zero-order chi connectivity index (χ0) is 30.2. The number of benzene rings is 1. The molecule has 1 fully saturated rings. The lowest BCUT2D eigenvalue weighted by Crippen LogP contribution is -2.02. The van der Waals surface area contributed by atoms with Crippen LogP contribution in [-0.2, 0) is 0 Å². The van der Waals surface area contributed by atoms with Gasteiger partial charge >= 0.3 is 0 Å². The second kappa shape index (κ2) is 17.6. The van der Waals surface area contributed by atoms with E-state index in [-0.39, 0.29) is 11.6 Å². The number of anilines is 2. The van der Waals surface area contributed by atoms with Crippen LogP contribution in [0.2, 0.25) is 0 Å². The molecule has 7 nitrogen and oxygen atoms in total. The van der Waals surface area contributed by atoms with E-state index in [4.69, 9.17) is 4.74 Å². The summed E-state index contributed by atoms with van der Waals surface area (Å²) in [7, 11) is 0. The molecule has 1 aliphatic rings.